The molecule has 1 aromatic heterocycles. The third-order valence-corrected chi connectivity index (χ3v) is 3.76. The average molecular weight is 278 g/mol. The quantitative estimate of drug-likeness (QED) is 0.791. The van der Waals surface area contributed by atoms with Gasteiger partial charge in [0.05, 0.1) is 13.0 Å². The van der Waals surface area contributed by atoms with E-state index in [4.69, 9.17) is 4.74 Å². The number of likely N-dealkylation sites (tertiary alicyclic amines) is 1. The van der Waals surface area contributed by atoms with Crippen LogP contribution in [0.2, 0.25) is 0 Å². The van der Waals surface area contributed by atoms with Crippen LogP contribution in [0.5, 0.6) is 0 Å². The number of ether oxygens (including phenoxy) is 1. The van der Waals surface area contributed by atoms with Gasteiger partial charge in [-0.05, 0) is 31.4 Å². The van der Waals surface area contributed by atoms with Gasteiger partial charge in [0, 0.05) is 25.8 Å². The fourth-order valence-corrected chi connectivity index (χ4v) is 2.73. The first-order valence-corrected chi connectivity index (χ1v) is 7.19. The molecular formula is C15H22N2O3. The van der Waals surface area contributed by atoms with Crippen LogP contribution in [0, 0.1) is 5.92 Å². The summed E-state index contributed by atoms with van der Waals surface area (Å²) in [5.74, 6) is -0.393. The summed E-state index contributed by atoms with van der Waals surface area (Å²) < 4.78 is 6.76. The number of methoxy groups -OCH3 is 1. The van der Waals surface area contributed by atoms with Gasteiger partial charge in [-0.15, -0.1) is 0 Å². The van der Waals surface area contributed by atoms with Crippen LogP contribution in [0.15, 0.2) is 18.3 Å². The number of carbonyl (C=O) groups is 2. The molecule has 1 amide bonds. The van der Waals surface area contributed by atoms with E-state index in [9.17, 15) is 9.59 Å². The number of nitrogens with zero attached hydrogens (tertiary/aromatic N) is 2. The highest BCUT2D eigenvalue weighted by Gasteiger charge is 2.30. The van der Waals surface area contributed by atoms with Crippen molar-refractivity contribution < 1.29 is 14.3 Å². The van der Waals surface area contributed by atoms with Gasteiger partial charge in [0.2, 0.25) is 0 Å². The molecule has 20 heavy (non-hydrogen) atoms. The maximum absolute atomic E-state index is 12.6. The number of rotatable bonds is 4. The van der Waals surface area contributed by atoms with Crippen LogP contribution >= 0.6 is 0 Å². The zero-order valence-electron chi connectivity index (χ0n) is 12.2. The number of aryl methyl sites for hydroxylation is 1. The number of aromatic nitrogens is 1. The number of esters is 1. The molecule has 0 aromatic carbocycles. The summed E-state index contributed by atoms with van der Waals surface area (Å²) in [6.45, 7) is 4.09. The molecule has 0 saturated carbocycles. The van der Waals surface area contributed by atoms with Crippen molar-refractivity contribution in [1.82, 2.24) is 9.47 Å². The van der Waals surface area contributed by atoms with Crippen LogP contribution < -0.4 is 0 Å². The molecule has 5 heteroatoms. The number of carbonyl (C=O) groups excluding carboxylic acids is 2. The Morgan fingerprint density at radius 2 is 2.25 bits per heavy atom. The van der Waals surface area contributed by atoms with E-state index in [0.717, 1.165) is 25.8 Å². The zero-order chi connectivity index (χ0) is 14.5. The van der Waals surface area contributed by atoms with E-state index in [1.165, 1.54) is 7.11 Å². The number of piperidine rings is 1. The van der Waals surface area contributed by atoms with Gasteiger partial charge in [-0.3, -0.25) is 9.59 Å². The highest BCUT2D eigenvalue weighted by atomic mass is 16.5. The minimum absolute atomic E-state index is 0.0112. The normalized spacial score (nSPS) is 18.9. The summed E-state index contributed by atoms with van der Waals surface area (Å²) in [5.41, 5.74) is 0.706. The second-order valence-electron chi connectivity index (χ2n) is 5.20. The van der Waals surface area contributed by atoms with Crippen LogP contribution in [-0.4, -0.2) is 41.5 Å². The molecule has 1 aliphatic rings. The lowest BCUT2D eigenvalue weighted by Crippen LogP contribution is -2.43. The first-order valence-electron chi connectivity index (χ1n) is 7.19. The van der Waals surface area contributed by atoms with E-state index in [1.807, 2.05) is 22.9 Å². The number of hydrogen-bond acceptors (Lipinski definition) is 3. The molecule has 110 valence electrons. The van der Waals surface area contributed by atoms with Crippen LogP contribution in [0.4, 0.5) is 0 Å². The van der Waals surface area contributed by atoms with E-state index in [1.54, 1.807) is 4.90 Å². The fraction of sp³-hybridized carbons (Fsp3) is 0.600. The summed E-state index contributed by atoms with van der Waals surface area (Å²) in [6, 6.07) is 3.74. The molecule has 0 radical (unpaired) electrons. The van der Waals surface area contributed by atoms with Crippen molar-refractivity contribution in [3.63, 3.8) is 0 Å². The van der Waals surface area contributed by atoms with Crippen LogP contribution in [-0.2, 0) is 16.1 Å². The molecular weight excluding hydrogens is 256 g/mol. The summed E-state index contributed by atoms with van der Waals surface area (Å²) in [6.07, 6.45) is 4.56. The standard InChI is InChI=1S/C15H22N2O3/c1-3-8-16-9-5-7-13(16)14(18)17-10-4-6-12(11-17)15(19)20-2/h5,7,9,12H,3-4,6,8,10-11H2,1-2H3. The Hall–Kier alpha value is -1.78. The highest BCUT2D eigenvalue weighted by molar-refractivity contribution is 5.93. The first kappa shape index (κ1) is 14.6. The predicted octanol–water partition coefficient (Wildman–Crippen LogP) is 1.92. The van der Waals surface area contributed by atoms with Crippen LogP contribution in [0.3, 0.4) is 0 Å². The Labute approximate surface area is 119 Å². The van der Waals surface area contributed by atoms with Crippen molar-refractivity contribution in [3.8, 4) is 0 Å². The maximum atomic E-state index is 12.6. The first-order chi connectivity index (χ1) is 9.67. The number of hydrogen-bond donors (Lipinski definition) is 0. The van der Waals surface area contributed by atoms with Crippen molar-refractivity contribution in [2.45, 2.75) is 32.7 Å². The van der Waals surface area contributed by atoms with Gasteiger partial charge in [-0.2, -0.15) is 0 Å². The molecule has 1 saturated heterocycles. The fourth-order valence-electron chi connectivity index (χ4n) is 2.73. The monoisotopic (exact) mass is 278 g/mol. The van der Waals surface area contributed by atoms with Crippen LogP contribution in [0.1, 0.15) is 36.7 Å². The minimum atomic E-state index is -0.216. The van der Waals surface area contributed by atoms with Gasteiger partial charge < -0.3 is 14.2 Å². The Balaban J connectivity index is 2.08. The third-order valence-electron chi connectivity index (χ3n) is 3.76. The maximum Gasteiger partial charge on any atom is 0.310 e. The average Bonchev–Trinajstić information content (AvgIpc) is 2.94. The smallest absolute Gasteiger partial charge is 0.310 e. The molecule has 0 N–H and O–H groups in total. The van der Waals surface area contributed by atoms with Crippen LogP contribution in [0.25, 0.3) is 0 Å². The summed E-state index contributed by atoms with van der Waals surface area (Å²) >= 11 is 0. The van der Waals surface area contributed by atoms with Gasteiger partial charge in [-0.1, -0.05) is 6.92 Å². The molecule has 2 rings (SSSR count). The topological polar surface area (TPSA) is 51.5 Å². The van der Waals surface area contributed by atoms with Crippen molar-refractivity contribution >= 4 is 11.9 Å². The molecule has 1 aromatic rings. The minimum Gasteiger partial charge on any atom is -0.469 e. The lowest BCUT2D eigenvalue weighted by atomic mass is 9.98. The molecule has 0 aliphatic carbocycles. The lowest BCUT2D eigenvalue weighted by Gasteiger charge is -2.31. The van der Waals surface area contributed by atoms with E-state index in [2.05, 4.69) is 6.92 Å². The Morgan fingerprint density at radius 1 is 1.45 bits per heavy atom. The zero-order valence-corrected chi connectivity index (χ0v) is 12.2. The van der Waals surface area contributed by atoms with Gasteiger partial charge in [0.15, 0.2) is 0 Å². The van der Waals surface area contributed by atoms with E-state index in [-0.39, 0.29) is 17.8 Å². The summed E-state index contributed by atoms with van der Waals surface area (Å²) in [5, 5.41) is 0. The summed E-state index contributed by atoms with van der Waals surface area (Å²) in [7, 11) is 1.40. The SMILES string of the molecule is CCCn1cccc1C(=O)N1CCCC(C(=O)OC)C1. The largest absolute Gasteiger partial charge is 0.469 e. The van der Waals surface area contributed by atoms with E-state index >= 15 is 0 Å². The lowest BCUT2D eigenvalue weighted by molar-refractivity contribution is -0.146. The Morgan fingerprint density at radius 3 is 2.95 bits per heavy atom. The van der Waals surface area contributed by atoms with Crippen molar-refractivity contribution in [1.29, 1.82) is 0 Å². The highest BCUT2D eigenvalue weighted by Crippen LogP contribution is 2.20. The van der Waals surface area contributed by atoms with Crippen molar-refractivity contribution in [2.24, 2.45) is 5.92 Å². The Bertz CT molecular complexity index is 481. The predicted molar refractivity (Wildman–Crippen MR) is 75.4 cm³/mol. The second kappa shape index (κ2) is 6.59. The van der Waals surface area contributed by atoms with E-state index in [0.29, 0.717) is 18.8 Å². The van der Waals surface area contributed by atoms with Crippen molar-refractivity contribution in [2.75, 3.05) is 20.2 Å². The molecule has 1 unspecified atom stereocenters. The molecule has 1 atom stereocenters. The molecule has 2 heterocycles. The van der Waals surface area contributed by atoms with Gasteiger partial charge in [0.1, 0.15) is 5.69 Å². The summed E-state index contributed by atoms with van der Waals surface area (Å²) in [4.78, 5) is 26.0. The Kier molecular flexibility index (Phi) is 4.82. The van der Waals surface area contributed by atoms with Gasteiger partial charge in [0.25, 0.3) is 5.91 Å². The molecule has 1 aliphatic heterocycles. The van der Waals surface area contributed by atoms with Gasteiger partial charge in [-0.25, -0.2) is 0 Å². The second-order valence-corrected chi connectivity index (χ2v) is 5.20. The molecule has 0 bridgehead atoms. The number of amides is 1. The molecule has 0 spiro atoms. The van der Waals surface area contributed by atoms with Crippen molar-refractivity contribution in [3.05, 3.63) is 24.0 Å². The molecule has 5 nitrogen and oxygen atoms in total. The van der Waals surface area contributed by atoms with E-state index < -0.39 is 0 Å². The molecule has 1 fully saturated rings. The third kappa shape index (κ3) is 3.03. The van der Waals surface area contributed by atoms with Gasteiger partial charge >= 0.3 is 5.97 Å².